The first-order valence-corrected chi connectivity index (χ1v) is 11.1. The molecule has 0 bridgehead atoms. The van der Waals surface area contributed by atoms with E-state index in [4.69, 9.17) is 9.26 Å². The van der Waals surface area contributed by atoms with E-state index in [1.54, 1.807) is 11.3 Å². The van der Waals surface area contributed by atoms with Crippen LogP contribution in [0, 0.1) is 34.6 Å². The number of ether oxygens (including phenoxy) is 1. The number of nitrogens with one attached hydrogen (secondary N) is 1. The largest absolute Gasteiger partial charge is 0.368 e. The molecule has 8 nitrogen and oxygen atoms in total. The van der Waals surface area contributed by atoms with E-state index in [0.29, 0.717) is 25.5 Å². The molecule has 0 aromatic carbocycles. The molecule has 164 valence electrons. The van der Waals surface area contributed by atoms with Crippen molar-refractivity contribution in [2.75, 3.05) is 25.0 Å². The van der Waals surface area contributed by atoms with Gasteiger partial charge in [-0.2, -0.15) is 0 Å². The van der Waals surface area contributed by atoms with E-state index in [1.807, 2.05) is 44.7 Å². The van der Waals surface area contributed by atoms with Crippen molar-refractivity contribution in [2.24, 2.45) is 0 Å². The van der Waals surface area contributed by atoms with Crippen LogP contribution in [-0.2, 0) is 16.0 Å². The number of nitrogens with zero attached hydrogens (tertiary/aromatic N) is 4. The molecular formula is C22H27N5O3S. The van der Waals surface area contributed by atoms with Crippen LogP contribution in [0.2, 0.25) is 0 Å². The third kappa shape index (κ3) is 4.77. The first kappa shape index (κ1) is 21.5. The van der Waals surface area contributed by atoms with Gasteiger partial charge in [-0.1, -0.05) is 5.16 Å². The van der Waals surface area contributed by atoms with Crippen molar-refractivity contribution in [3.8, 4) is 0 Å². The van der Waals surface area contributed by atoms with Crippen LogP contribution < -0.4 is 5.32 Å². The second-order valence-corrected chi connectivity index (χ2v) is 9.09. The lowest BCUT2D eigenvalue weighted by atomic mass is 10.1. The zero-order valence-corrected chi connectivity index (χ0v) is 19.3. The summed E-state index contributed by atoms with van der Waals surface area (Å²) in [4.78, 5) is 25.2. The molecule has 1 aliphatic heterocycles. The van der Waals surface area contributed by atoms with Gasteiger partial charge in [-0.3, -0.25) is 9.78 Å². The van der Waals surface area contributed by atoms with E-state index < -0.39 is 0 Å². The van der Waals surface area contributed by atoms with Crippen LogP contribution in [0.5, 0.6) is 0 Å². The van der Waals surface area contributed by atoms with Gasteiger partial charge in [0.2, 0.25) is 5.91 Å². The molecule has 3 aromatic rings. The molecule has 4 heterocycles. The Kier molecular flexibility index (Phi) is 6.06. The zero-order valence-electron chi connectivity index (χ0n) is 18.5. The highest BCUT2D eigenvalue weighted by molar-refractivity contribution is 7.15. The average molecular weight is 442 g/mol. The maximum Gasteiger partial charge on any atom is 0.227 e. The van der Waals surface area contributed by atoms with Crippen LogP contribution in [0.4, 0.5) is 10.8 Å². The normalized spacial score (nSPS) is 16.5. The highest BCUT2D eigenvalue weighted by atomic mass is 32.1. The van der Waals surface area contributed by atoms with Gasteiger partial charge in [-0.05, 0) is 46.8 Å². The number of thiazole rings is 1. The molecule has 1 unspecified atom stereocenters. The van der Waals surface area contributed by atoms with Crippen molar-refractivity contribution < 1.29 is 14.1 Å². The lowest BCUT2D eigenvalue weighted by molar-refractivity contribution is -0.138. The molecule has 3 aromatic heterocycles. The highest BCUT2D eigenvalue weighted by Crippen LogP contribution is 2.28. The number of hydrogen-bond donors (Lipinski definition) is 1. The van der Waals surface area contributed by atoms with Crippen LogP contribution in [0.25, 0.3) is 0 Å². The molecule has 4 rings (SSSR count). The van der Waals surface area contributed by atoms with Crippen LogP contribution in [0.3, 0.4) is 0 Å². The van der Waals surface area contributed by atoms with Gasteiger partial charge >= 0.3 is 0 Å². The number of hydrogen-bond acceptors (Lipinski definition) is 8. The molecule has 9 heteroatoms. The van der Waals surface area contributed by atoms with Gasteiger partial charge in [0, 0.05) is 28.4 Å². The number of rotatable bonds is 5. The van der Waals surface area contributed by atoms with Gasteiger partial charge in [-0.25, -0.2) is 4.98 Å². The van der Waals surface area contributed by atoms with Crippen molar-refractivity contribution in [3.05, 3.63) is 51.1 Å². The van der Waals surface area contributed by atoms with E-state index in [-0.39, 0.29) is 18.4 Å². The lowest BCUT2D eigenvalue weighted by Gasteiger charge is -2.33. The topological polar surface area (TPSA) is 93.4 Å². The van der Waals surface area contributed by atoms with Crippen molar-refractivity contribution in [2.45, 2.75) is 47.1 Å². The smallest absolute Gasteiger partial charge is 0.227 e. The Balaban J connectivity index is 1.48. The van der Waals surface area contributed by atoms with Crippen molar-refractivity contribution in [1.29, 1.82) is 0 Å². The number of carbonyl (C=O) groups is 1. The van der Waals surface area contributed by atoms with Gasteiger partial charge in [-0.15, -0.1) is 11.3 Å². The average Bonchev–Trinajstić information content (AvgIpc) is 3.22. The monoisotopic (exact) mass is 441 g/mol. The minimum Gasteiger partial charge on any atom is -0.368 e. The Morgan fingerprint density at radius 3 is 2.68 bits per heavy atom. The van der Waals surface area contributed by atoms with E-state index in [0.717, 1.165) is 39.2 Å². The van der Waals surface area contributed by atoms with Crippen LogP contribution >= 0.6 is 11.3 Å². The summed E-state index contributed by atoms with van der Waals surface area (Å²) in [5, 5.41) is 8.18. The molecule has 1 saturated heterocycles. The van der Waals surface area contributed by atoms with Gasteiger partial charge < -0.3 is 19.5 Å². The minimum absolute atomic E-state index is 0.0439. The lowest BCUT2D eigenvalue weighted by Crippen LogP contribution is -2.43. The maximum absolute atomic E-state index is 12.9. The zero-order chi connectivity index (χ0) is 22.1. The Labute approximate surface area is 185 Å². The maximum atomic E-state index is 12.9. The highest BCUT2D eigenvalue weighted by Gasteiger charge is 2.28. The molecule has 31 heavy (non-hydrogen) atoms. The predicted octanol–water partition coefficient (Wildman–Crippen LogP) is 3.95. The fraction of sp³-hybridized carbons (Fsp3) is 0.455. The molecule has 0 aliphatic carbocycles. The summed E-state index contributed by atoms with van der Waals surface area (Å²) >= 11 is 1.63. The Hall–Kier alpha value is -2.78. The summed E-state index contributed by atoms with van der Waals surface area (Å²) in [7, 11) is 0. The number of morpholine rings is 1. The molecular weight excluding hydrogens is 414 g/mol. The predicted molar refractivity (Wildman–Crippen MR) is 119 cm³/mol. The van der Waals surface area contributed by atoms with Gasteiger partial charge in [0.15, 0.2) is 5.13 Å². The summed E-state index contributed by atoms with van der Waals surface area (Å²) < 4.78 is 11.2. The van der Waals surface area contributed by atoms with Crippen LogP contribution in [-0.4, -0.2) is 45.6 Å². The van der Waals surface area contributed by atoms with Gasteiger partial charge in [0.05, 0.1) is 36.7 Å². The van der Waals surface area contributed by atoms with E-state index >= 15 is 0 Å². The van der Waals surface area contributed by atoms with Crippen LogP contribution in [0.15, 0.2) is 16.7 Å². The Morgan fingerprint density at radius 2 is 2.00 bits per heavy atom. The first-order chi connectivity index (χ1) is 14.8. The molecule has 1 aliphatic rings. The summed E-state index contributed by atoms with van der Waals surface area (Å²) in [5.74, 6) is 0.738. The third-order valence-corrected chi connectivity index (χ3v) is 6.50. The molecule has 1 amide bonds. The van der Waals surface area contributed by atoms with E-state index in [9.17, 15) is 4.79 Å². The van der Waals surface area contributed by atoms with Crippen molar-refractivity contribution >= 4 is 28.1 Å². The second-order valence-electron chi connectivity index (χ2n) is 7.89. The Morgan fingerprint density at radius 1 is 1.19 bits per heavy atom. The quantitative estimate of drug-likeness (QED) is 0.641. The van der Waals surface area contributed by atoms with E-state index in [2.05, 4.69) is 27.4 Å². The van der Waals surface area contributed by atoms with Gasteiger partial charge in [0.25, 0.3) is 0 Å². The molecule has 1 atom stereocenters. The van der Waals surface area contributed by atoms with Crippen molar-refractivity contribution in [1.82, 2.24) is 20.0 Å². The van der Waals surface area contributed by atoms with Gasteiger partial charge in [0.1, 0.15) is 11.9 Å². The number of aromatic nitrogens is 3. The summed E-state index contributed by atoms with van der Waals surface area (Å²) in [6.07, 6.45) is 0.00704. The standard InChI is InChI=1S/C22H27N5O3S/c1-12-8-17(25-22-24-13(2)16(5)31-22)9-19(23-12)20-11-27(6-7-29-20)21(28)10-18-14(3)26-30-15(18)4/h8-9,20H,6-7,10-11H2,1-5H3,(H,23,24,25). The van der Waals surface area contributed by atoms with Crippen LogP contribution in [0.1, 0.15) is 45.1 Å². The Bertz CT molecular complexity index is 1070. The third-order valence-electron chi connectivity index (χ3n) is 5.51. The molecule has 0 spiro atoms. The number of carbonyl (C=O) groups excluding carboxylic acids is 1. The fourth-order valence-corrected chi connectivity index (χ4v) is 4.49. The first-order valence-electron chi connectivity index (χ1n) is 10.3. The molecule has 1 fully saturated rings. The molecule has 0 radical (unpaired) electrons. The SMILES string of the molecule is Cc1cc(Nc2nc(C)c(C)s2)cc(C2CN(C(=O)Cc3c(C)noc3C)CCO2)n1. The van der Waals surface area contributed by atoms with E-state index in [1.165, 1.54) is 4.88 Å². The fourth-order valence-electron chi connectivity index (χ4n) is 3.65. The minimum atomic E-state index is -0.275. The molecule has 0 saturated carbocycles. The van der Waals surface area contributed by atoms with Crippen molar-refractivity contribution in [3.63, 3.8) is 0 Å². The number of pyridine rings is 1. The number of aryl methyl sites for hydroxylation is 5. The molecule has 1 N–H and O–H groups in total. The number of anilines is 2. The summed E-state index contributed by atoms with van der Waals surface area (Å²) in [6, 6.07) is 3.96. The second kappa shape index (κ2) is 8.76. The number of amides is 1. The summed E-state index contributed by atoms with van der Waals surface area (Å²) in [6.45, 7) is 11.2. The summed E-state index contributed by atoms with van der Waals surface area (Å²) in [5.41, 5.74) is 5.26.